The number of rotatable bonds is 8. The van der Waals surface area contributed by atoms with Crippen molar-refractivity contribution in [3.8, 4) is 0 Å². The monoisotopic (exact) mass is 447 g/mol. The predicted octanol–water partition coefficient (Wildman–Crippen LogP) is 2.30. The average molecular weight is 448 g/mol. The van der Waals surface area contributed by atoms with Crippen molar-refractivity contribution in [2.24, 2.45) is 5.92 Å². The lowest BCUT2D eigenvalue weighted by Gasteiger charge is -2.35. The number of carbonyl (C=O) groups excluding carboxylic acids is 3. The largest absolute Gasteiger partial charge is 0.383 e. The molecule has 0 saturated carbocycles. The fourth-order valence-electron chi connectivity index (χ4n) is 3.64. The van der Waals surface area contributed by atoms with Gasteiger partial charge in [-0.2, -0.15) is 0 Å². The Balaban J connectivity index is 1.68. The van der Waals surface area contributed by atoms with Crippen molar-refractivity contribution in [1.29, 1.82) is 0 Å². The Morgan fingerprint density at radius 1 is 1.19 bits per heavy atom. The van der Waals surface area contributed by atoms with Gasteiger partial charge in [-0.1, -0.05) is 18.2 Å². The van der Waals surface area contributed by atoms with Crippen LogP contribution in [-0.2, 0) is 9.53 Å². The maximum Gasteiger partial charge on any atom is 0.263 e. The quantitative estimate of drug-likeness (QED) is 0.608. The van der Waals surface area contributed by atoms with Gasteiger partial charge in [-0.3, -0.25) is 14.4 Å². The van der Waals surface area contributed by atoms with Gasteiger partial charge in [0.25, 0.3) is 11.8 Å². The summed E-state index contributed by atoms with van der Waals surface area (Å²) in [5.74, 6) is -1.82. The zero-order valence-corrected chi connectivity index (χ0v) is 18.1. The second kappa shape index (κ2) is 11.0. The zero-order chi connectivity index (χ0) is 22.2. The summed E-state index contributed by atoms with van der Waals surface area (Å²) in [5, 5.41) is 7.33. The minimum Gasteiger partial charge on any atom is -0.383 e. The van der Waals surface area contributed by atoms with E-state index >= 15 is 0 Å². The first-order valence-corrected chi connectivity index (χ1v) is 11.0. The summed E-state index contributed by atoms with van der Waals surface area (Å²) in [4.78, 5) is 40.5. The summed E-state index contributed by atoms with van der Waals surface area (Å²) in [6, 6.07) is 8.46. The Bertz CT molecular complexity index is 898. The van der Waals surface area contributed by atoms with Crippen LogP contribution in [0.25, 0.3) is 0 Å². The van der Waals surface area contributed by atoms with Gasteiger partial charge in [0.1, 0.15) is 11.9 Å². The molecule has 0 aliphatic carbocycles. The van der Waals surface area contributed by atoms with Crippen molar-refractivity contribution in [3.05, 3.63) is 58.0 Å². The van der Waals surface area contributed by atoms with Gasteiger partial charge >= 0.3 is 0 Å². The number of amides is 3. The van der Waals surface area contributed by atoms with E-state index in [4.69, 9.17) is 4.74 Å². The summed E-state index contributed by atoms with van der Waals surface area (Å²) in [5.41, 5.74) is -0.109. The summed E-state index contributed by atoms with van der Waals surface area (Å²) in [6.07, 6.45) is 1.11. The molecule has 31 heavy (non-hydrogen) atoms. The van der Waals surface area contributed by atoms with E-state index in [0.29, 0.717) is 44.0 Å². The first-order chi connectivity index (χ1) is 15.0. The van der Waals surface area contributed by atoms with Gasteiger partial charge in [-0.05, 0) is 42.3 Å². The third-order valence-corrected chi connectivity index (χ3v) is 6.18. The molecule has 0 spiro atoms. The molecule has 7 nitrogen and oxygen atoms in total. The van der Waals surface area contributed by atoms with Crippen molar-refractivity contribution in [3.63, 3.8) is 0 Å². The molecule has 1 aliphatic heterocycles. The number of likely N-dealkylation sites (tertiary alicyclic amines) is 1. The van der Waals surface area contributed by atoms with Gasteiger partial charge in [0.15, 0.2) is 0 Å². The molecular formula is C22H26FN3O4S. The zero-order valence-electron chi connectivity index (χ0n) is 17.3. The minimum absolute atomic E-state index is 0.0232. The lowest BCUT2D eigenvalue weighted by Crippen LogP contribution is -2.54. The lowest BCUT2D eigenvalue weighted by molar-refractivity contribution is -0.124. The fraction of sp³-hybridized carbons (Fsp3) is 0.409. The van der Waals surface area contributed by atoms with Crippen LogP contribution in [0.4, 0.5) is 4.39 Å². The highest BCUT2D eigenvalue weighted by Gasteiger charge is 2.34. The topological polar surface area (TPSA) is 87.7 Å². The van der Waals surface area contributed by atoms with Gasteiger partial charge in [0, 0.05) is 26.7 Å². The molecule has 1 aromatic carbocycles. The van der Waals surface area contributed by atoms with Gasteiger partial charge in [-0.25, -0.2) is 4.39 Å². The Hall–Kier alpha value is -2.78. The van der Waals surface area contributed by atoms with Crippen LogP contribution in [0.1, 0.15) is 32.9 Å². The number of ether oxygens (including phenoxy) is 1. The second-order valence-electron chi connectivity index (χ2n) is 7.32. The maximum absolute atomic E-state index is 14.0. The molecule has 0 radical (unpaired) electrons. The van der Waals surface area contributed by atoms with Gasteiger partial charge in [0.05, 0.1) is 17.0 Å². The highest BCUT2D eigenvalue weighted by molar-refractivity contribution is 7.12. The molecule has 3 amide bonds. The van der Waals surface area contributed by atoms with Crippen molar-refractivity contribution < 1.29 is 23.5 Å². The molecule has 0 unspecified atom stereocenters. The summed E-state index contributed by atoms with van der Waals surface area (Å²) >= 11 is 1.40. The van der Waals surface area contributed by atoms with Crippen LogP contribution in [-0.4, -0.2) is 62.0 Å². The summed E-state index contributed by atoms with van der Waals surface area (Å²) < 4.78 is 19.0. The molecule has 1 fully saturated rings. The fourth-order valence-corrected chi connectivity index (χ4v) is 4.33. The van der Waals surface area contributed by atoms with Crippen LogP contribution in [0.3, 0.4) is 0 Å². The Morgan fingerprint density at radius 3 is 2.58 bits per heavy atom. The Labute approximate surface area is 184 Å². The summed E-state index contributed by atoms with van der Waals surface area (Å²) in [7, 11) is 1.53. The van der Waals surface area contributed by atoms with Gasteiger partial charge in [0.2, 0.25) is 5.91 Å². The number of piperidine rings is 1. The normalized spacial score (nSPS) is 15.4. The number of thiophene rings is 1. The van der Waals surface area contributed by atoms with E-state index in [1.165, 1.54) is 36.6 Å². The van der Waals surface area contributed by atoms with E-state index in [9.17, 15) is 18.8 Å². The van der Waals surface area contributed by atoms with Crippen molar-refractivity contribution >= 4 is 29.1 Å². The molecule has 1 atom stereocenters. The number of halogens is 1. The van der Waals surface area contributed by atoms with Gasteiger partial charge in [-0.15, -0.1) is 11.3 Å². The second-order valence-corrected chi connectivity index (χ2v) is 8.27. The van der Waals surface area contributed by atoms with Crippen LogP contribution in [0.15, 0.2) is 41.8 Å². The average Bonchev–Trinajstić information content (AvgIpc) is 3.32. The van der Waals surface area contributed by atoms with Crippen molar-refractivity contribution in [1.82, 2.24) is 15.5 Å². The lowest BCUT2D eigenvalue weighted by atomic mass is 9.88. The van der Waals surface area contributed by atoms with Crippen LogP contribution < -0.4 is 10.6 Å². The molecule has 3 rings (SSSR count). The van der Waals surface area contributed by atoms with E-state index in [1.54, 1.807) is 17.0 Å². The number of methoxy groups -OCH3 is 1. The van der Waals surface area contributed by atoms with E-state index in [0.717, 1.165) is 0 Å². The molecule has 2 heterocycles. The molecule has 1 saturated heterocycles. The van der Waals surface area contributed by atoms with E-state index in [2.05, 4.69) is 10.6 Å². The maximum atomic E-state index is 14.0. The molecule has 0 bridgehead atoms. The summed E-state index contributed by atoms with van der Waals surface area (Å²) in [6.45, 7) is 1.61. The third-order valence-electron chi connectivity index (χ3n) is 5.32. The number of benzene rings is 1. The SMILES string of the molecule is COCCNC(=O)[C@H](NC(=O)c1ccccc1F)C1CCN(C(=O)c2cccs2)CC1. The van der Waals surface area contributed by atoms with Crippen LogP contribution >= 0.6 is 11.3 Å². The van der Waals surface area contributed by atoms with E-state index in [-0.39, 0.29) is 23.3 Å². The van der Waals surface area contributed by atoms with Crippen molar-refractivity contribution in [2.75, 3.05) is 33.4 Å². The molecule has 1 aliphatic rings. The molecule has 2 N–H and O–H groups in total. The Morgan fingerprint density at radius 2 is 1.94 bits per heavy atom. The smallest absolute Gasteiger partial charge is 0.263 e. The van der Waals surface area contributed by atoms with E-state index in [1.807, 2.05) is 11.4 Å². The predicted molar refractivity (Wildman–Crippen MR) is 115 cm³/mol. The highest BCUT2D eigenvalue weighted by atomic mass is 32.1. The van der Waals surface area contributed by atoms with Crippen LogP contribution in [0.5, 0.6) is 0 Å². The molecular weight excluding hydrogens is 421 g/mol. The first kappa shape index (κ1) is 22.9. The number of hydrogen-bond acceptors (Lipinski definition) is 5. The van der Waals surface area contributed by atoms with Crippen LogP contribution in [0, 0.1) is 11.7 Å². The van der Waals surface area contributed by atoms with Gasteiger partial charge < -0.3 is 20.3 Å². The molecule has 9 heteroatoms. The number of nitrogens with zero attached hydrogens (tertiary/aromatic N) is 1. The van der Waals surface area contributed by atoms with Crippen molar-refractivity contribution in [2.45, 2.75) is 18.9 Å². The standard InChI is InChI=1S/C22H26FN3O4S/c1-30-13-10-24-21(28)19(25-20(27)16-5-2-3-6-17(16)23)15-8-11-26(12-9-15)22(29)18-7-4-14-31-18/h2-7,14-15,19H,8-13H2,1H3,(H,24,28)(H,25,27)/t19-/m1/s1. The highest BCUT2D eigenvalue weighted by Crippen LogP contribution is 2.24. The Kier molecular flexibility index (Phi) is 8.13. The minimum atomic E-state index is -0.831. The van der Waals surface area contributed by atoms with Crippen LogP contribution in [0.2, 0.25) is 0 Å². The molecule has 166 valence electrons. The number of carbonyl (C=O) groups is 3. The third kappa shape index (κ3) is 5.89. The molecule has 1 aromatic heterocycles. The van der Waals surface area contributed by atoms with E-state index < -0.39 is 17.8 Å². The number of nitrogens with one attached hydrogen (secondary N) is 2. The molecule has 2 aromatic rings. The first-order valence-electron chi connectivity index (χ1n) is 10.2. The number of hydrogen-bond donors (Lipinski definition) is 2.